The monoisotopic (exact) mass is 798 g/mol. The highest BCUT2D eigenvalue weighted by Gasteiger charge is 2.27. The molecular weight excluding hydrogens is 707 g/mol. The molecule has 3 N–H and O–H groups in total. The second-order valence-corrected chi connectivity index (χ2v) is 18.2. The number of phosphoric acid groups is 1. The van der Waals surface area contributed by atoms with Crippen LogP contribution in [0, 0.1) is 0 Å². The van der Waals surface area contributed by atoms with Crippen molar-refractivity contribution >= 4 is 13.7 Å². The number of nitrogens with one attached hydrogen (secondary N) is 1. The van der Waals surface area contributed by atoms with Crippen LogP contribution in [0.2, 0.25) is 0 Å². The molecule has 0 rings (SSSR count). The minimum Gasteiger partial charge on any atom is -0.387 e. The van der Waals surface area contributed by atoms with Crippen LogP contribution >= 0.6 is 7.82 Å². The van der Waals surface area contributed by atoms with Crippen LogP contribution in [0.15, 0.2) is 36.5 Å². The van der Waals surface area contributed by atoms with Crippen molar-refractivity contribution in [2.24, 2.45) is 0 Å². The van der Waals surface area contributed by atoms with Gasteiger partial charge in [0.15, 0.2) is 0 Å². The van der Waals surface area contributed by atoms with E-state index in [1.807, 2.05) is 27.2 Å². The molecule has 0 aromatic carbocycles. The third kappa shape index (κ3) is 40.7. The fraction of sp³-hybridized carbons (Fsp3) is 0.848. The van der Waals surface area contributed by atoms with E-state index in [2.05, 4.69) is 43.5 Å². The van der Waals surface area contributed by atoms with E-state index in [9.17, 15) is 19.4 Å². The van der Waals surface area contributed by atoms with Crippen molar-refractivity contribution in [1.82, 2.24) is 5.32 Å². The predicted octanol–water partition coefficient (Wildman–Crippen LogP) is 12.7. The molecule has 0 aromatic heterocycles. The number of nitrogens with zero attached hydrogens (tertiary/aromatic N) is 1. The van der Waals surface area contributed by atoms with Gasteiger partial charge >= 0.3 is 7.82 Å². The summed E-state index contributed by atoms with van der Waals surface area (Å²) in [6.07, 6.45) is 46.7. The number of likely N-dealkylation sites (N-methyl/N-ethyl adjacent to an activating group) is 1. The summed E-state index contributed by atoms with van der Waals surface area (Å²) >= 11 is 0. The van der Waals surface area contributed by atoms with Crippen LogP contribution in [0.4, 0.5) is 0 Å². The van der Waals surface area contributed by atoms with Gasteiger partial charge in [-0.3, -0.25) is 13.8 Å². The second-order valence-electron chi connectivity index (χ2n) is 16.8. The van der Waals surface area contributed by atoms with Gasteiger partial charge in [0.2, 0.25) is 5.91 Å². The lowest BCUT2D eigenvalue weighted by atomic mass is 10.0. The fourth-order valence-electron chi connectivity index (χ4n) is 6.43. The van der Waals surface area contributed by atoms with E-state index >= 15 is 0 Å². The van der Waals surface area contributed by atoms with E-state index in [1.165, 1.54) is 135 Å². The summed E-state index contributed by atoms with van der Waals surface area (Å²) in [5.74, 6) is -0.195. The maximum atomic E-state index is 12.8. The number of amides is 1. The Balaban J connectivity index is 4.34. The summed E-state index contributed by atoms with van der Waals surface area (Å²) in [5.41, 5.74) is 0. The number of aliphatic hydroxyl groups excluding tert-OH is 1. The van der Waals surface area contributed by atoms with Gasteiger partial charge in [-0.25, -0.2) is 4.57 Å². The van der Waals surface area contributed by atoms with Gasteiger partial charge in [0.25, 0.3) is 0 Å². The molecule has 0 heterocycles. The number of unbranched alkanes of at least 4 members (excludes halogenated alkanes) is 24. The molecule has 0 saturated heterocycles. The van der Waals surface area contributed by atoms with Crippen molar-refractivity contribution in [3.63, 3.8) is 0 Å². The average molecular weight is 798 g/mol. The van der Waals surface area contributed by atoms with Crippen molar-refractivity contribution in [3.05, 3.63) is 36.5 Å². The zero-order valence-corrected chi connectivity index (χ0v) is 37.6. The van der Waals surface area contributed by atoms with Crippen LogP contribution in [0.1, 0.15) is 200 Å². The van der Waals surface area contributed by atoms with Crippen LogP contribution in [0.25, 0.3) is 0 Å². The zero-order chi connectivity index (χ0) is 40.7. The molecule has 55 heavy (non-hydrogen) atoms. The minimum absolute atomic E-state index is 0.0543. The van der Waals surface area contributed by atoms with Gasteiger partial charge in [0, 0.05) is 6.42 Å². The molecule has 0 aliphatic carbocycles. The van der Waals surface area contributed by atoms with Crippen molar-refractivity contribution < 1.29 is 32.9 Å². The van der Waals surface area contributed by atoms with Gasteiger partial charge in [0.05, 0.1) is 39.9 Å². The number of hydrogen-bond acceptors (Lipinski definition) is 5. The van der Waals surface area contributed by atoms with E-state index in [0.717, 1.165) is 44.9 Å². The Morgan fingerprint density at radius 1 is 0.600 bits per heavy atom. The first-order valence-corrected chi connectivity index (χ1v) is 24.4. The molecule has 0 bridgehead atoms. The molecule has 0 radical (unpaired) electrons. The molecule has 1 amide bonds. The Hall–Kier alpha value is -1.28. The fourth-order valence-corrected chi connectivity index (χ4v) is 7.16. The molecule has 0 aliphatic heterocycles. The highest BCUT2D eigenvalue weighted by molar-refractivity contribution is 7.47. The predicted molar refractivity (Wildman–Crippen MR) is 235 cm³/mol. The van der Waals surface area contributed by atoms with E-state index < -0.39 is 20.0 Å². The highest BCUT2D eigenvalue weighted by Crippen LogP contribution is 2.43. The summed E-state index contributed by atoms with van der Waals surface area (Å²) in [4.78, 5) is 23.0. The lowest BCUT2D eigenvalue weighted by Gasteiger charge is -2.25. The number of rotatable bonds is 41. The van der Waals surface area contributed by atoms with Gasteiger partial charge in [-0.1, -0.05) is 185 Å². The number of carbonyl (C=O) groups is 1. The molecule has 0 spiro atoms. The van der Waals surface area contributed by atoms with Gasteiger partial charge in [-0.15, -0.1) is 0 Å². The van der Waals surface area contributed by atoms with Crippen molar-refractivity contribution in [2.75, 3.05) is 40.9 Å². The smallest absolute Gasteiger partial charge is 0.387 e. The Kier molecular flexibility index (Phi) is 37.4. The quantitative estimate of drug-likeness (QED) is 0.0246. The first-order chi connectivity index (χ1) is 26.5. The van der Waals surface area contributed by atoms with E-state index in [1.54, 1.807) is 6.08 Å². The number of carbonyl (C=O) groups excluding carboxylic acids is 1. The first-order valence-electron chi connectivity index (χ1n) is 22.9. The molecule has 0 aromatic rings. The SMILES string of the molecule is CCCCCCCCCCCCCCCC/C=C/CC/C=C/CC/C=C/C(O)C(COP(=O)(O)OCC[N+](C)(C)C)NC(=O)CCCCCCCCCCC. The van der Waals surface area contributed by atoms with Crippen molar-refractivity contribution in [1.29, 1.82) is 0 Å². The van der Waals surface area contributed by atoms with Crippen LogP contribution in [0.3, 0.4) is 0 Å². The zero-order valence-electron chi connectivity index (χ0n) is 36.7. The Morgan fingerprint density at radius 3 is 1.45 bits per heavy atom. The molecule has 324 valence electrons. The van der Waals surface area contributed by atoms with Crippen molar-refractivity contribution in [3.8, 4) is 0 Å². The number of allylic oxidation sites excluding steroid dienone is 5. The lowest BCUT2D eigenvalue weighted by Crippen LogP contribution is -2.45. The molecule has 3 unspecified atom stereocenters. The van der Waals surface area contributed by atoms with E-state index in [-0.39, 0.29) is 19.1 Å². The maximum absolute atomic E-state index is 12.8. The summed E-state index contributed by atoms with van der Waals surface area (Å²) in [5, 5.41) is 13.8. The summed E-state index contributed by atoms with van der Waals surface area (Å²) in [7, 11) is 1.55. The second kappa shape index (κ2) is 38.2. The van der Waals surface area contributed by atoms with Crippen LogP contribution in [-0.2, 0) is 18.4 Å². The number of quaternary nitrogens is 1. The molecule has 0 fully saturated rings. The molecule has 3 atom stereocenters. The van der Waals surface area contributed by atoms with Crippen LogP contribution in [-0.4, -0.2) is 73.4 Å². The van der Waals surface area contributed by atoms with Gasteiger partial charge in [-0.2, -0.15) is 0 Å². The molecule has 8 nitrogen and oxygen atoms in total. The number of aliphatic hydroxyl groups is 1. The normalized spacial score (nSPS) is 14.7. The largest absolute Gasteiger partial charge is 0.472 e. The molecule has 0 saturated carbocycles. The van der Waals surface area contributed by atoms with E-state index in [0.29, 0.717) is 17.4 Å². The standard InChI is InChI=1S/C46H89N2O6P/c1-6-8-10-12-14-16-17-18-19-20-21-22-23-24-25-26-27-28-29-30-32-33-35-37-39-45(49)44(43-54-55(51,52)53-42-41-48(3,4)5)47-46(50)40-38-36-34-31-15-13-11-9-7-2/h26-27,30,32,37,39,44-45,49H,6-25,28-29,31,33-36,38,40-43H2,1-5H3,(H-,47,50,51,52)/p+1/b27-26+,32-30+,39-37+. The highest BCUT2D eigenvalue weighted by atomic mass is 31.2. The van der Waals surface area contributed by atoms with Crippen LogP contribution < -0.4 is 5.32 Å². The van der Waals surface area contributed by atoms with Gasteiger partial charge in [-0.05, 0) is 44.9 Å². The average Bonchev–Trinajstić information content (AvgIpc) is 3.13. The molecule has 0 aliphatic rings. The third-order valence-corrected chi connectivity index (χ3v) is 11.1. The maximum Gasteiger partial charge on any atom is 0.472 e. The molecular formula is C46H90N2O6P+. The third-order valence-electron chi connectivity index (χ3n) is 10.1. The van der Waals surface area contributed by atoms with Gasteiger partial charge < -0.3 is 19.8 Å². The number of phosphoric ester groups is 1. The Morgan fingerprint density at radius 2 is 1.00 bits per heavy atom. The summed E-state index contributed by atoms with van der Waals surface area (Å²) < 4.78 is 23.5. The topological polar surface area (TPSA) is 105 Å². The summed E-state index contributed by atoms with van der Waals surface area (Å²) in [6, 6.07) is -0.864. The molecule has 9 heteroatoms. The van der Waals surface area contributed by atoms with Crippen LogP contribution in [0.5, 0.6) is 0 Å². The minimum atomic E-state index is -4.34. The lowest BCUT2D eigenvalue weighted by molar-refractivity contribution is -0.870. The summed E-state index contributed by atoms with van der Waals surface area (Å²) in [6.45, 7) is 4.76. The van der Waals surface area contributed by atoms with E-state index in [4.69, 9.17) is 9.05 Å². The Bertz CT molecular complexity index is 995. The van der Waals surface area contributed by atoms with Gasteiger partial charge in [0.1, 0.15) is 13.2 Å². The Labute approximate surface area is 340 Å². The number of hydrogen-bond donors (Lipinski definition) is 3. The first kappa shape index (κ1) is 53.7. The van der Waals surface area contributed by atoms with Crippen molar-refractivity contribution in [2.45, 2.75) is 212 Å².